The van der Waals surface area contributed by atoms with Crippen LogP contribution in [0.4, 0.5) is 4.39 Å². The lowest BCUT2D eigenvalue weighted by atomic mass is 10.2. The van der Waals surface area contributed by atoms with Gasteiger partial charge in [-0.25, -0.2) is 14.4 Å². The van der Waals surface area contributed by atoms with Crippen molar-refractivity contribution < 1.29 is 9.13 Å². The number of benzene rings is 1. The number of aromatic nitrogens is 2. The second kappa shape index (κ2) is 10.7. The topological polar surface area (TPSA) is 71.4 Å². The molecule has 8 heteroatoms. The van der Waals surface area contributed by atoms with Crippen molar-refractivity contribution in [3.05, 3.63) is 70.2 Å². The minimum absolute atomic E-state index is 0.158. The molecular formula is C22H26FN5OS. The molecule has 0 unspecified atom stereocenters. The molecular weight excluding hydrogens is 401 g/mol. The van der Waals surface area contributed by atoms with Gasteiger partial charge in [-0.15, -0.1) is 11.3 Å². The first-order chi connectivity index (χ1) is 14.5. The summed E-state index contributed by atoms with van der Waals surface area (Å²) in [7, 11) is 0. The van der Waals surface area contributed by atoms with Crippen molar-refractivity contribution >= 4 is 17.3 Å². The molecule has 2 heterocycles. The van der Waals surface area contributed by atoms with Gasteiger partial charge >= 0.3 is 0 Å². The van der Waals surface area contributed by atoms with E-state index in [1.54, 1.807) is 48.0 Å². The Labute approximate surface area is 180 Å². The highest BCUT2D eigenvalue weighted by molar-refractivity contribution is 7.09. The minimum Gasteiger partial charge on any atom is -0.453 e. The summed E-state index contributed by atoms with van der Waals surface area (Å²) in [6.07, 6.45) is 3.18. The Morgan fingerprint density at radius 2 is 2.13 bits per heavy atom. The lowest BCUT2D eigenvalue weighted by Crippen LogP contribution is -2.36. The average molecular weight is 428 g/mol. The average Bonchev–Trinajstić information content (AvgIpc) is 3.22. The van der Waals surface area contributed by atoms with Crippen LogP contribution in [0.15, 0.2) is 53.1 Å². The Morgan fingerprint density at radius 1 is 1.27 bits per heavy atom. The maximum Gasteiger partial charge on any atom is 0.191 e. The maximum absolute atomic E-state index is 14.4. The Morgan fingerprint density at radius 3 is 2.80 bits per heavy atom. The third kappa shape index (κ3) is 6.25. The summed E-state index contributed by atoms with van der Waals surface area (Å²) in [6.45, 7) is 7.92. The number of rotatable bonds is 8. The summed E-state index contributed by atoms with van der Waals surface area (Å²) >= 11 is 1.63. The van der Waals surface area contributed by atoms with Gasteiger partial charge in [0.05, 0.1) is 25.0 Å². The monoisotopic (exact) mass is 427 g/mol. The molecule has 6 nitrogen and oxygen atoms in total. The van der Waals surface area contributed by atoms with E-state index < -0.39 is 5.82 Å². The molecule has 0 radical (unpaired) electrons. The van der Waals surface area contributed by atoms with Gasteiger partial charge in [-0.05, 0) is 42.7 Å². The summed E-state index contributed by atoms with van der Waals surface area (Å²) < 4.78 is 19.9. The quantitative estimate of drug-likeness (QED) is 0.397. The van der Waals surface area contributed by atoms with E-state index in [1.807, 2.05) is 6.92 Å². The van der Waals surface area contributed by atoms with E-state index in [0.717, 1.165) is 22.8 Å². The fourth-order valence-electron chi connectivity index (χ4n) is 2.60. The van der Waals surface area contributed by atoms with Crippen LogP contribution in [0.2, 0.25) is 0 Å². The molecule has 2 N–H and O–H groups in total. The van der Waals surface area contributed by atoms with E-state index >= 15 is 0 Å². The first-order valence-electron chi connectivity index (χ1n) is 9.88. The third-order valence-electron chi connectivity index (χ3n) is 4.19. The maximum atomic E-state index is 14.4. The molecule has 30 heavy (non-hydrogen) atoms. The van der Waals surface area contributed by atoms with Gasteiger partial charge < -0.3 is 15.4 Å². The number of hydrogen-bond acceptors (Lipinski definition) is 5. The fraction of sp³-hybridized carbons (Fsp3) is 0.318. The molecule has 2 aromatic heterocycles. The molecule has 0 fully saturated rings. The van der Waals surface area contributed by atoms with Crippen LogP contribution >= 0.6 is 11.3 Å². The van der Waals surface area contributed by atoms with Crippen molar-refractivity contribution in [2.24, 2.45) is 4.99 Å². The predicted molar refractivity (Wildman–Crippen MR) is 119 cm³/mol. The number of halogens is 1. The van der Waals surface area contributed by atoms with Crippen LogP contribution < -0.4 is 15.4 Å². The van der Waals surface area contributed by atoms with Gasteiger partial charge in [0.1, 0.15) is 10.8 Å². The number of ether oxygens (including phenoxy) is 1. The van der Waals surface area contributed by atoms with E-state index in [2.05, 4.69) is 44.8 Å². The van der Waals surface area contributed by atoms with Gasteiger partial charge in [0.25, 0.3) is 0 Å². The van der Waals surface area contributed by atoms with Crippen LogP contribution in [0.3, 0.4) is 0 Å². The Kier molecular flexibility index (Phi) is 7.73. The van der Waals surface area contributed by atoms with Crippen molar-refractivity contribution in [1.82, 2.24) is 20.6 Å². The van der Waals surface area contributed by atoms with E-state index in [1.165, 1.54) is 6.07 Å². The van der Waals surface area contributed by atoms with Crippen molar-refractivity contribution in [2.75, 3.05) is 6.54 Å². The van der Waals surface area contributed by atoms with Crippen LogP contribution in [0, 0.1) is 5.82 Å². The molecule has 0 bridgehead atoms. The van der Waals surface area contributed by atoms with Crippen molar-refractivity contribution in [2.45, 2.75) is 39.8 Å². The lowest BCUT2D eigenvalue weighted by molar-refractivity contribution is 0.440. The Balaban J connectivity index is 1.61. The molecule has 3 rings (SSSR count). The molecule has 0 atom stereocenters. The van der Waals surface area contributed by atoms with Gasteiger partial charge in [0.15, 0.2) is 17.5 Å². The molecule has 158 valence electrons. The van der Waals surface area contributed by atoms with E-state index in [4.69, 9.17) is 4.74 Å². The number of nitrogens with one attached hydrogen (secondary N) is 2. The number of guanidine groups is 1. The second-order valence-corrected chi connectivity index (χ2v) is 7.87. The smallest absolute Gasteiger partial charge is 0.191 e. The summed E-state index contributed by atoms with van der Waals surface area (Å²) in [5.74, 6) is 1.29. The molecule has 0 saturated carbocycles. The van der Waals surface area contributed by atoms with E-state index in [0.29, 0.717) is 30.7 Å². The zero-order valence-corrected chi connectivity index (χ0v) is 18.2. The van der Waals surface area contributed by atoms with Crippen molar-refractivity contribution in [3.63, 3.8) is 0 Å². The van der Waals surface area contributed by atoms with Gasteiger partial charge in [-0.3, -0.25) is 4.98 Å². The Hall–Kier alpha value is -3.00. The number of hydrogen-bond donors (Lipinski definition) is 2. The molecule has 0 amide bonds. The number of pyridine rings is 1. The standard InChI is InChI=1S/C22H26FN5OS/c1-4-25-22(27-13-21-28-19(14-30-21)15(2)3)26-11-16-7-8-20(18(23)10-16)29-17-6-5-9-24-12-17/h5-10,12,14-15H,4,11,13H2,1-3H3,(H2,25,26,27). The van der Waals surface area contributed by atoms with Crippen LogP contribution in [0.5, 0.6) is 11.5 Å². The van der Waals surface area contributed by atoms with Crippen LogP contribution in [-0.2, 0) is 13.1 Å². The highest BCUT2D eigenvalue weighted by atomic mass is 32.1. The molecule has 0 spiro atoms. The molecule has 0 aliphatic heterocycles. The zero-order chi connectivity index (χ0) is 21.3. The van der Waals surface area contributed by atoms with Crippen molar-refractivity contribution in [3.8, 4) is 11.5 Å². The second-order valence-electron chi connectivity index (χ2n) is 6.93. The first kappa shape index (κ1) is 21.7. The lowest BCUT2D eigenvalue weighted by Gasteiger charge is -2.11. The van der Waals surface area contributed by atoms with Gasteiger partial charge in [-0.2, -0.15) is 0 Å². The van der Waals surface area contributed by atoms with Crippen molar-refractivity contribution in [1.29, 1.82) is 0 Å². The largest absolute Gasteiger partial charge is 0.453 e. The zero-order valence-electron chi connectivity index (χ0n) is 17.4. The Bertz CT molecular complexity index is 975. The third-order valence-corrected chi connectivity index (χ3v) is 5.06. The molecule has 3 aromatic rings. The van der Waals surface area contributed by atoms with Crippen LogP contribution in [-0.4, -0.2) is 22.5 Å². The molecule has 0 aliphatic carbocycles. The summed E-state index contributed by atoms with van der Waals surface area (Å²) in [4.78, 5) is 13.1. The predicted octanol–water partition coefficient (Wildman–Crippen LogP) is 4.85. The first-order valence-corrected chi connectivity index (χ1v) is 10.8. The minimum atomic E-state index is -0.437. The van der Waals surface area contributed by atoms with Gasteiger partial charge in [-0.1, -0.05) is 19.9 Å². The van der Waals surface area contributed by atoms with Crippen LogP contribution in [0.1, 0.15) is 43.0 Å². The van der Waals surface area contributed by atoms with Gasteiger partial charge in [0.2, 0.25) is 0 Å². The molecule has 1 aromatic carbocycles. The number of aliphatic imine (C=N–C) groups is 1. The fourth-order valence-corrected chi connectivity index (χ4v) is 3.50. The highest BCUT2D eigenvalue weighted by Crippen LogP contribution is 2.24. The number of nitrogens with zero attached hydrogens (tertiary/aromatic N) is 3. The summed E-state index contributed by atoms with van der Waals surface area (Å²) in [5.41, 5.74) is 1.85. The summed E-state index contributed by atoms with van der Waals surface area (Å²) in [5, 5.41) is 9.57. The number of thiazole rings is 1. The summed E-state index contributed by atoms with van der Waals surface area (Å²) in [6, 6.07) is 8.31. The SMILES string of the molecule is CCNC(=NCc1ccc(Oc2cccnc2)c(F)c1)NCc1nc(C(C)C)cs1. The molecule has 0 saturated heterocycles. The highest BCUT2D eigenvalue weighted by Gasteiger charge is 2.08. The van der Waals surface area contributed by atoms with E-state index in [-0.39, 0.29) is 5.75 Å². The molecule has 0 aliphatic rings. The van der Waals surface area contributed by atoms with E-state index in [9.17, 15) is 4.39 Å². The van der Waals surface area contributed by atoms with Crippen LogP contribution in [0.25, 0.3) is 0 Å². The van der Waals surface area contributed by atoms with Gasteiger partial charge in [0, 0.05) is 18.1 Å². The normalized spacial score (nSPS) is 11.6.